The first-order chi connectivity index (χ1) is 8.88. The first kappa shape index (κ1) is 14.0. The molecule has 19 heavy (non-hydrogen) atoms. The van der Waals surface area contributed by atoms with Crippen LogP contribution in [0.1, 0.15) is 19.8 Å². The highest BCUT2D eigenvalue weighted by molar-refractivity contribution is 7.89. The number of anilines is 1. The smallest absolute Gasteiger partial charge is 0.238 e. The van der Waals surface area contributed by atoms with Gasteiger partial charge < -0.3 is 4.90 Å². The van der Waals surface area contributed by atoms with E-state index in [1.165, 1.54) is 12.1 Å². The first-order valence-electron chi connectivity index (χ1n) is 6.26. The van der Waals surface area contributed by atoms with Gasteiger partial charge in [0, 0.05) is 24.7 Å². The van der Waals surface area contributed by atoms with Crippen molar-refractivity contribution in [1.82, 2.24) is 0 Å². The van der Waals surface area contributed by atoms with Gasteiger partial charge in [-0.1, -0.05) is 0 Å². The van der Waals surface area contributed by atoms with Crippen LogP contribution in [0.2, 0.25) is 0 Å². The Labute approximate surface area is 113 Å². The minimum Gasteiger partial charge on any atom is -0.371 e. The lowest BCUT2D eigenvalue weighted by Gasteiger charge is -2.33. The molecular weight excluding hydrogens is 264 g/mol. The van der Waals surface area contributed by atoms with Crippen LogP contribution in [0.25, 0.3) is 0 Å². The van der Waals surface area contributed by atoms with E-state index in [1.807, 2.05) is 0 Å². The van der Waals surface area contributed by atoms with Crippen molar-refractivity contribution >= 4 is 21.5 Å². The van der Waals surface area contributed by atoms with Crippen LogP contribution in [0.3, 0.4) is 0 Å². The average molecular weight is 282 g/mol. The Kier molecular flexibility index (Phi) is 3.91. The topological polar surface area (TPSA) is 80.5 Å². The number of hydrogen-bond acceptors (Lipinski definition) is 4. The van der Waals surface area contributed by atoms with Gasteiger partial charge in [-0.25, -0.2) is 13.6 Å². The third-order valence-electron chi connectivity index (χ3n) is 3.53. The zero-order chi connectivity index (χ0) is 14.0. The monoisotopic (exact) mass is 282 g/mol. The van der Waals surface area contributed by atoms with Crippen molar-refractivity contribution in [2.75, 3.05) is 18.0 Å². The van der Waals surface area contributed by atoms with Crippen LogP contribution in [0.15, 0.2) is 29.2 Å². The van der Waals surface area contributed by atoms with Crippen LogP contribution in [0.4, 0.5) is 5.69 Å². The molecule has 1 aromatic carbocycles. The van der Waals surface area contributed by atoms with Crippen LogP contribution in [-0.2, 0) is 14.8 Å². The number of ketones is 1. The van der Waals surface area contributed by atoms with E-state index in [9.17, 15) is 13.2 Å². The molecule has 1 saturated heterocycles. The molecular formula is C13H18N2O3S. The molecule has 6 heteroatoms. The van der Waals surface area contributed by atoms with Gasteiger partial charge in [-0.15, -0.1) is 0 Å². The highest BCUT2D eigenvalue weighted by Gasteiger charge is 2.23. The largest absolute Gasteiger partial charge is 0.371 e. The van der Waals surface area contributed by atoms with Crippen LogP contribution < -0.4 is 10.0 Å². The summed E-state index contributed by atoms with van der Waals surface area (Å²) in [5.41, 5.74) is 0.929. The Morgan fingerprint density at radius 3 is 2.47 bits per heavy atom. The Morgan fingerprint density at radius 1 is 1.32 bits per heavy atom. The summed E-state index contributed by atoms with van der Waals surface area (Å²) in [6.45, 7) is 3.21. The molecule has 1 heterocycles. The first-order valence-corrected chi connectivity index (χ1v) is 7.81. The molecule has 2 N–H and O–H groups in total. The number of carbonyl (C=O) groups is 1. The summed E-state index contributed by atoms with van der Waals surface area (Å²) >= 11 is 0. The molecule has 2 rings (SSSR count). The molecule has 0 spiro atoms. The number of benzene rings is 1. The zero-order valence-corrected chi connectivity index (χ0v) is 11.7. The molecule has 1 aromatic rings. The van der Waals surface area contributed by atoms with Crippen molar-refractivity contribution in [2.24, 2.45) is 11.1 Å². The normalized spacial score (nSPS) is 20.3. The van der Waals surface area contributed by atoms with E-state index < -0.39 is 10.0 Å². The lowest BCUT2D eigenvalue weighted by atomic mass is 9.94. The van der Waals surface area contributed by atoms with Crippen molar-refractivity contribution in [3.05, 3.63) is 24.3 Å². The summed E-state index contributed by atoms with van der Waals surface area (Å²) < 4.78 is 22.4. The lowest BCUT2D eigenvalue weighted by molar-refractivity contribution is -0.120. The SMILES string of the molecule is CC(=O)C1CCCN(c2ccc(S(N)(=O)=O)cc2)C1. The zero-order valence-electron chi connectivity index (χ0n) is 10.9. The van der Waals surface area contributed by atoms with Crippen LogP contribution in [0, 0.1) is 5.92 Å². The predicted octanol–water partition coefficient (Wildman–Crippen LogP) is 1.14. The molecule has 0 aliphatic carbocycles. The maximum Gasteiger partial charge on any atom is 0.238 e. The third-order valence-corrected chi connectivity index (χ3v) is 4.46. The number of sulfonamides is 1. The number of nitrogens with two attached hydrogens (primary N) is 1. The van der Waals surface area contributed by atoms with E-state index in [2.05, 4.69) is 4.90 Å². The average Bonchev–Trinajstić information content (AvgIpc) is 2.38. The number of rotatable bonds is 3. The van der Waals surface area contributed by atoms with Gasteiger partial charge in [0.05, 0.1) is 4.90 Å². The highest BCUT2D eigenvalue weighted by atomic mass is 32.2. The van der Waals surface area contributed by atoms with Crippen LogP contribution in [0.5, 0.6) is 0 Å². The van der Waals surface area contributed by atoms with Gasteiger partial charge in [0.2, 0.25) is 10.0 Å². The highest BCUT2D eigenvalue weighted by Crippen LogP contribution is 2.24. The van der Waals surface area contributed by atoms with Crippen LogP contribution in [-0.4, -0.2) is 27.3 Å². The molecule has 1 aliphatic rings. The van der Waals surface area contributed by atoms with E-state index in [1.54, 1.807) is 19.1 Å². The molecule has 0 bridgehead atoms. The fraction of sp³-hybridized carbons (Fsp3) is 0.462. The predicted molar refractivity (Wildman–Crippen MR) is 73.4 cm³/mol. The second kappa shape index (κ2) is 5.30. The molecule has 0 saturated carbocycles. The molecule has 1 atom stereocenters. The quantitative estimate of drug-likeness (QED) is 0.901. The standard InChI is InChI=1S/C13H18N2O3S/c1-10(16)11-3-2-8-15(9-11)12-4-6-13(7-5-12)19(14,17)18/h4-7,11H,2-3,8-9H2,1H3,(H2,14,17,18). The fourth-order valence-electron chi connectivity index (χ4n) is 2.39. The lowest BCUT2D eigenvalue weighted by Crippen LogP contribution is -2.38. The summed E-state index contributed by atoms with van der Waals surface area (Å²) in [6.07, 6.45) is 1.91. The summed E-state index contributed by atoms with van der Waals surface area (Å²) in [5.74, 6) is 0.289. The number of piperidine rings is 1. The summed E-state index contributed by atoms with van der Waals surface area (Å²) in [4.78, 5) is 13.7. The van der Waals surface area contributed by atoms with Gasteiger partial charge in [0.1, 0.15) is 5.78 Å². The maximum atomic E-state index is 11.4. The molecule has 0 radical (unpaired) electrons. The maximum absolute atomic E-state index is 11.4. The van der Waals surface area contributed by atoms with E-state index in [0.717, 1.165) is 25.1 Å². The molecule has 0 amide bonds. The van der Waals surface area contributed by atoms with E-state index in [0.29, 0.717) is 6.54 Å². The molecule has 1 unspecified atom stereocenters. The van der Waals surface area contributed by atoms with E-state index >= 15 is 0 Å². The minimum absolute atomic E-state index is 0.0756. The molecule has 0 aromatic heterocycles. The van der Waals surface area contributed by atoms with Crippen LogP contribution >= 0.6 is 0 Å². The van der Waals surface area contributed by atoms with Gasteiger partial charge in [0.25, 0.3) is 0 Å². The van der Waals surface area contributed by atoms with Crippen molar-refractivity contribution < 1.29 is 13.2 Å². The Morgan fingerprint density at radius 2 is 1.95 bits per heavy atom. The number of nitrogens with zero attached hydrogens (tertiary/aromatic N) is 1. The Balaban J connectivity index is 2.16. The van der Waals surface area contributed by atoms with Gasteiger partial charge in [-0.2, -0.15) is 0 Å². The Hall–Kier alpha value is -1.40. The van der Waals surface area contributed by atoms with E-state index in [4.69, 9.17) is 5.14 Å². The molecule has 1 fully saturated rings. The van der Waals surface area contributed by atoms with Gasteiger partial charge >= 0.3 is 0 Å². The Bertz CT molecular complexity index is 566. The van der Waals surface area contributed by atoms with Crippen molar-refractivity contribution in [3.8, 4) is 0 Å². The fourth-order valence-corrected chi connectivity index (χ4v) is 2.91. The second-order valence-corrected chi connectivity index (χ2v) is 6.50. The number of carbonyl (C=O) groups excluding carboxylic acids is 1. The summed E-state index contributed by atoms with van der Waals surface area (Å²) in [6, 6.07) is 6.48. The van der Waals surface area contributed by atoms with Crippen molar-refractivity contribution in [2.45, 2.75) is 24.7 Å². The van der Waals surface area contributed by atoms with Gasteiger partial charge in [-0.05, 0) is 44.0 Å². The van der Waals surface area contributed by atoms with Crippen molar-refractivity contribution in [3.63, 3.8) is 0 Å². The third kappa shape index (κ3) is 3.33. The second-order valence-electron chi connectivity index (χ2n) is 4.93. The number of Topliss-reactive ketones (excluding diaryl/α,β-unsaturated/α-hetero) is 1. The molecule has 104 valence electrons. The van der Waals surface area contributed by atoms with Crippen molar-refractivity contribution in [1.29, 1.82) is 0 Å². The summed E-state index contributed by atoms with van der Waals surface area (Å²) in [5, 5.41) is 5.06. The van der Waals surface area contributed by atoms with Gasteiger partial charge in [-0.3, -0.25) is 4.79 Å². The number of hydrogen-bond donors (Lipinski definition) is 1. The molecule has 5 nitrogen and oxygen atoms in total. The van der Waals surface area contributed by atoms with E-state index in [-0.39, 0.29) is 16.6 Å². The molecule has 1 aliphatic heterocycles. The summed E-state index contributed by atoms with van der Waals surface area (Å²) in [7, 11) is -3.65. The van der Waals surface area contributed by atoms with Gasteiger partial charge in [0.15, 0.2) is 0 Å². The minimum atomic E-state index is -3.65. The number of primary sulfonamides is 1.